The smallest absolute Gasteiger partial charge is 0.358 e. The third-order valence-corrected chi connectivity index (χ3v) is 4.28. The van der Waals surface area contributed by atoms with Gasteiger partial charge < -0.3 is 15.4 Å². The van der Waals surface area contributed by atoms with Crippen LogP contribution in [0.25, 0.3) is 0 Å². The summed E-state index contributed by atoms with van der Waals surface area (Å²) in [5, 5.41) is 17.9. The molecule has 1 aliphatic rings. The summed E-state index contributed by atoms with van der Waals surface area (Å²) in [6.45, 7) is 3.63. The molecule has 7 nitrogen and oxygen atoms in total. The van der Waals surface area contributed by atoms with Crippen molar-refractivity contribution in [2.45, 2.75) is 70.9 Å². The van der Waals surface area contributed by atoms with E-state index in [9.17, 15) is 14.9 Å². The van der Waals surface area contributed by atoms with Crippen LogP contribution in [0.5, 0.6) is 0 Å². The van der Waals surface area contributed by atoms with Crippen molar-refractivity contribution < 1.29 is 9.72 Å². The molecule has 1 unspecified atom stereocenters. The second-order valence-corrected chi connectivity index (χ2v) is 5.97. The van der Waals surface area contributed by atoms with Crippen molar-refractivity contribution in [3.8, 4) is 0 Å². The van der Waals surface area contributed by atoms with Gasteiger partial charge in [0.15, 0.2) is 6.04 Å². The first kappa shape index (κ1) is 16.5. The van der Waals surface area contributed by atoms with E-state index in [-0.39, 0.29) is 17.8 Å². The topological polar surface area (TPSA) is 90.1 Å². The molecule has 1 atom stereocenters. The second kappa shape index (κ2) is 7.38. The van der Waals surface area contributed by atoms with E-state index in [1.807, 2.05) is 6.92 Å². The van der Waals surface area contributed by atoms with Crippen molar-refractivity contribution in [2.24, 2.45) is 0 Å². The van der Waals surface area contributed by atoms with Crippen LogP contribution in [-0.4, -0.2) is 26.7 Å². The minimum absolute atomic E-state index is 0.0875. The van der Waals surface area contributed by atoms with Gasteiger partial charge in [-0.3, -0.25) is 4.79 Å². The third kappa shape index (κ3) is 3.84. The molecule has 1 heterocycles. The molecular weight excluding hydrogens is 284 g/mol. The summed E-state index contributed by atoms with van der Waals surface area (Å²) in [4.78, 5) is 22.8. The van der Waals surface area contributed by atoms with Crippen LogP contribution in [0.3, 0.4) is 0 Å². The minimum Gasteiger partial charge on any atom is -0.358 e. The molecule has 2 rings (SSSR count). The van der Waals surface area contributed by atoms with Gasteiger partial charge in [0.05, 0.1) is 16.9 Å². The molecule has 1 N–H and O–H groups in total. The maximum atomic E-state index is 12.5. The molecule has 122 valence electrons. The van der Waals surface area contributed by atoms with E-state index in [0.29, 0.717) is 12.1 Å². The van der Waals surface area contributed by atoms with Gasteiger partial charge in [0, 0.05) is 6.04 Å². The second-order valence-electron chi connectivity index (χ2n) is 5.97. The van der Waals surface area contributed by atoms with Crippen LogP contribution in [0.4, 0.5) is 5.82 Å². The van der Waals surface area contributed by atoms with E-state index in [0.717, 1.165) is 25.7 Å². The largest absolute Gasteiger partial charge is 0.390 e. The number of hydrogen-bond donors (Lipinski definition) is 1. The molecule has 1 aliphatic carbocycles. The van der Waals surface area contributed by atoms with Crippen LogP contribution in [0.2, 0.25) is 0 Å². The summed E-state index contributed by atoms with van der Waals surface area (Å²) in [7, 11) is 0. The molecule has 0 radical (unpaired) electrons. The molecule has 1 aromatic heterocycles. The number of nitrogens with zero attached hydrogens (tertiary/aromatic N) is 3. The van der Waals surface area contributed by atoms with Crippen LogP contribution >= 0.6 is 0 Å². The van der Waals surface area contributed by atoms with Crippen molar-refractivity contribution in [3.63, 3.8) is 0 Å². The highest BCUT2D eigenvalue weighted by molar-refractivity contribution is 5.80. The number of carbonyl (C=O) groups is 1. The Balaban J connectivity index is 2.09. The zero-order valence-electron chi connectivity index (χ0n) is 13.2. The highest BCUT2D eigenvalue weighted by Gasteiger charge is 2.28. The first-order chi connectivity index (χ1) is 10.5. The monoisotopic (exact) mass is 308 g/mol. The van der Waals surface area contributed by atoms with Crippen LogP contribution in [-0.2, 0) is 4.79 Å². The Morgan fingerprint density at radius 2 is 2.09 bits per heavy atom. The third-order valence-electron chi connectivity index (χ3n) is 4.28. The highest BCUT2D eigenvalue weighted by atomic mass is 16.6. The number of nitrogens with one attached hydrogen (secondary N) is 1. The predicted molar refractivity (Wildman–Crippen MR) is 82.6 cm³/mol. The zero-order valence-corrected chi connectivity index (χ0v) is 13.2. The lowest BCUT2D eigenvalue weighted by Crippen LogP contribution is -2.40. The van der Waals surface area contributed by atoms with Crippen molar-refractivity contribution in [2.75, 3.05) is 0 Å². The molecular formula is C15H24N4O3. The summed E-state index contributed by atoms with van der Waals surface area (Å²) >= 11 is 0. The lowest BCUT2D eigenvalue weighted by molar-refractivity contribution is -0.389. The standard InChI is InChI=1S/C15H24N4O3/c1-3-13(18-11(2)10-14(17-18)19(21)22)15(20)16-12-8-6-4-5-7-9-12/h10,12-13H,3-9H2,1-2H3,(H,16,20). The van der Waals surface area contributed by atoms with Crippen molar-refractivity contribution >= 4 is 11.7 Å². The normalized spacial score (nSPS) is 17.7. The molecule has 0 saturated heterocycles. The van der Waals surface area contributed by atoms with E-state index in [1.54, 1.807) is 6.92 Å². The first-order valence-corrected chi connectivity index (χ1v) is 8.03. The maximum absolute atomic E-state index is 12.5. The van der Waals surface area contributed by atoms with Gasteiger partial charge in [0.1, 0.15) is 0 Å². The fraction of sp³-hybridized carbons (Fsp3) is 0.733. The lowest BCUT2D eigenvalue weighted by atomic mass is 10.1. The average molecular weight is 308 g/mol. The fourth-order valence-corrected chi connectivity index (χ4v) is 3.07. The van der Waals surface area contributed by atoms with Crippen molar-refractivity contribution in [1.29, 1.82) is 0 Å². The zero-order chi connectivity index (χ0) is 16.1. The summed E-state index contributed by atoms with van der Waals surface area (Å²) in [6, 6.07) is 1.13. The van der Waals surface area contributed by atoms with E-state index < -0.39 is 11.0 Å². The summed E-state index contributed by atoms with van der Waals surface area (Å²) < 4.78 is 1.48. The Morgan fingerprint density at radius 3 is 2.59 bits per heavy atom. The number of nitro groups is 1. The van der Waals surface area contributed by atoms with Gasteiger partial charge in [0.2, 0.25) is 5.91 Å². The molecule has 22 heavy (non-hydrogen) atoms. The van der Waals surface area contributed by atoms with Crippen LogP contribution in [0, 0.1) is 17.0 Å². The van der Waals surface area contributed by atoms with Crippen molar-refractivity contribution in [3.05, 3.63) is 21.9 Å². The number of aryl methyl sites for hydroxylation is 1. The minimum atomic E-state index is -0.528. The number of hydrogen-bond acceptors (Lipinski definition) is 4. The Kier molecular flexibility index (Phi) is 5.51. The SMILES string of the molecule is CCC(C(=O)NC1CCCCCC1)n1nc([N+](=O)[O-])cc1C. The summed E-state index contributed by atoms with van der Waals surface area (Å²) in [5.74, 6) is -0.297. The van der Waals surface area contributed by atoms with E-state index >= 15 is 0 Å². The number of aromatic nitrogens is 2. The first-order valence-electron chi connectivity index (χ1n) is 8.03. The van der Waals surface area contributed by atoms with Crippen molar-refractivity contribution in [1.82, 2.24) is 15.1 Å². The summed E-state index contributed by atoms with van der Waals surface area (Å²) in [5.41, 5.74) is 0.634. The molecule has 7 heteroatoms. The number of carbonyl (C=O) groups excluding carboxylic acids is 1. The molecule has 0 aliphatic heterocycles. The maximum Gasteiger partial charge on any atom is 0.390 e. The Labute approximate surface area is 130 Å². The lowest BCUT2D eigenvalue weighted by Gasteiger charge is -2.20. The van der Waals surface area contributed by atoms with Gasteiger partial charge in [-0.1, -0.05) is 32.6 Å². The van der Waals surface area contributed by atoms with Crippen LogP contribution in [0.15, 0.2) is 6.07 Å². The van der Waals surface area contributed by atoms with Gasteiger partial charge in [-0.25, -0.2) is 0 Å². The predicted octanol–water partition coefficient (Wildman–Crippen LogP) is 2.89. The Bertz CT molecular complexity index is 533. The van der Waals surface area contributed by atoms with Gasteiger partial charge in [0.25, 0.3) is 0 Å². The Morgan fingerprint density at radius 1 is 1.45 bits per heavy atom. The number of rotatable bonds is 5. The summed E-state index contributed by atoms with van der Waals surface area (Å²) in [6.07, 6.45) is 7.34. The van der Waals surface area contributed by atoms with Gasteiger partial charge in [-0.15, -0.1) is 0 Å². The van der Waals surface area contributed by atoms with Crippen LogP contribution < -0.4 is 5.32 Å². The van der Waals surface area contributed by atoms with Gasteiger partial charge >= 0.3 is 5.82 Å². The highest BCUT2D eigenvalue weighted by Crippen LogP contribution is 2.21. The molecule has 1 saturated carbocycles. The molecule has 1 aromatic rings. The van der Waals surface area contributed by atoms with E-state index in [2.05, 4.69) is 10.4 Å². The number of amides is 1. The van der Waals surface area contributed by atoms with Crippen LogP contribution in [0.1, 0.15) is 63.6 Å². The molecule has 1 amide bonds. The molecule has 0 aromatic carbocycles. The van der Waals surface area contributed by atoms with E-state index in [4.69, 9.17) is 0 Å². The average Bonchev–Trinajstić information content (AvgIpc) is 2.70. The quantitative estimate of drug-likeness (QED) is 0.514. The van der Waals surface area contributed by atoms with Gasteiger partial charge in [-0.05, 0) is 31.1 Å². The van der Waals surface area contributed by atoms with E-state index in [1.165, 1.54) is 23.6 Å². The van der Waals surface area contributed by atoms with Gasteiger partial charge in [-0.2, -0.15) is 4.68 Å². The molecule has 0 bridgehead atoms. The Hall–Kier alpha value is -1.92. The molecule has 0 spiro atoms. The fourth-order valence-electron chi connectivity index (χ4n) is 3.07. The molecule has 1 fully saturated rings.